The minimum atomic E-state index is 0. The number of nitrogens with one attached hydrogen (secondary N) is 2. The van der Waals surface area contributed by atoms with E-state index in [-0.39, 0.29) is 30.0 Å². The molecule has 1 atom stereocenters. The van der Waals surface area contributed by atoms with Crippen LogP contribution in [0.3, 0.4) is 0 Å². The van der Waals surface area contributed by atoms with Gasteiger partial charge >= 0.3 is 0 Å². The zero-order valence-electron chi connectivity index (χ0n) is 16.6. The first-order chi connectivity index (χ1) is 12.1. The van der Waals surface area contributed by atoms with Gasteiger partial charge < -0.3 is 15.4 Å². The van der Waals surface area contributed by atoms with Crippen molar-refractivity contribution in [2.45, 2.75) is 45.8 Å². The fourth-order valence-corrected chi connectivity index (χ4v) is 3.15. The van der Waals surface area contributed by atoms with Gasteiger partial charge in [-0.1, -0.05) is 31.2 Å². The number of piperidine rings is 1. The highest BCUT2D eigenvalue weighted by molar-refractivity contribution is 14.0. The Morgan fingerprint density at radius 1 is 1.23 bits per heavy atom. The number of halogens is 1. The number of likely N-dealkylation sites (tertiary alicyclic amines) is 1. The molecule has 0 saturated carbocycles. The van der Waals surface area contributed by atoms with Crippen molar-refractivity contribution in [3.8, 4) is 0 Å². The largest absolute Gasteiger partial charge is 0.383 e. The second kappa shape index (κ2) is 12.5. The van der Waals surface area contributed by atoms with Crippen LogP contribution in [0.25, 0.3) is 0 Å². The lowest BCUT2D eigenvalue weighted by molar-refractivity contribution is 0.179. The van der Waals surface area contributed by atoms with Gasteiger partial charge in [0.1, 0.15) is 0 Å². The van der Waals surface area contributed by atoms with Crippen LogP contribution in [-0.4, -0.2) is 50.8 Å². The molecule has 26 heavy (non-hydrogen) atoms. The molecular weight excluding hydrogens is 439 g/mol. The van der Waals surface area contributed by atoms with Crippen LogP contribution in [-0.2, 0) is 17.8 Å². The molecule has 0 spiro atoms. The predicted octanol–water partition coefficient (Wildman–Crippen LogP) is 3.24. The summed E-state index contributed by atoms with van der Waals surface area (Å²) in [7, 11) is 3.50. The summed E-state index contributed by atoms with van der Waals surface area (Å²) in [5.41, 5.74) is 2.66. The van der Waals surface area contributed by atoms with E-state index in [1.165, 1.54) is 37.1 Å². The van der Waals surface area contributed by atoms with Gasteiger partial charge in [0.15, 0.2) is 5.96 Å². The number of nitrogens with zero attached hydrogens (tertiary/aromatic N) is 2. The fraction of sp³-hybridized carbons (Fsp3) is 0.650. The summed E-state index contributed by atoms with van der Waals surface area (Å²) in [4.78, 5) is 6.82. The maximum Gasteiger partial charge on any atom is 0.191 e. The number of ether oxygens (including phenoxy) is 1. The standard InChI is InChI=1S/C20H34N4O.HI/c1-16-9-11-24(12-10-16)14-19-7-5-18(6-8-19)13-22-20(21-3)23-17(2)15-25-4;/h5-8,16-17H,9-15H2,1-4H3,(H2,21,22,23);1H. The number of aliphatic imine (C=N–C) groups is 1. The van der Waals surface area contributed by atoms with E-state index in [1.54, 1.807) is 14.2 Å². The maximum atomic E-state index is 5.14. The van der Waals surface area contributed by atoms with Gasteiger partial charge in [0.2, 0.25) is 0 Å². The van der Waals surface area contributed by atoms with Gasteiger partial charge in [-0.05, 0) is 49.9 Å². The normalized spacial score (nSPS) is 17.5. The first-order valence-corrected chi connectivity index (χ1v) is 9.37. The summed E-state index contributed by atoms with van der Waals surface area (Å²) in [6.07, 6.45) is 2.66. The van der Waals surface area contributed by atoms with Crippen LogP contribution in [0.4, 0.5) is 0 Å². The quantitative estimate of drug-likeness (QED) is 0.362. The molecule has 1 unspecified atom stereocenters. The summed E-state index contributed by atoms with van der Waals surface area (Å²) >= 11 is 0. The molecule has 0 aromatic heterocycles. The topological polar surface area (TPSA) is 48.9 Å². The molecule has 1 aromatic rings. The monoisotopic (exact) mass is 474 g/mol. The molecule has 1 saturated heterocycles. The first-order valence-electron chi connectivity index (χ1n) is 9.37. The second-order valence-electron chi connectivity index (χ2n) is 7.20. The Labute approximate surface area is 176 Å². The van der Waals surface area contributed by atoms with Crippen LogP contribution in [0, 0.1) is 5.92 Å². The average molecular weight is 474 g/mol. The predicted molar refractivity (Wildman–Crippen MR) is 120 cm³/mol. The Kier molecular flexibility index (Phi) is 11.2. The highest BCUT2D eigenvalue weighted by atomic mass is 127. The molecule has 0 amide bonds. The van der Waals surface area contributed by atoms with Gasteiger partial charge in [-0.2, -0.15) is 0 Å². The summed E-state index contributed by atoms with van der Waals surface area (Å²) in [5, 5.41) is 6.67. The Bertz CT molecular complexity index is 527. The van der Waals surface area contributed by atoms with Gasteiger partial charge in [-0.15, -0.1) is 24.0 Å². The molecule has 0 aliphatic carbocycles. The van der Waals surface area contributed by atoms with Gasteiger partial charge in [-0.3, -0.25) is 9.89 Å². The lowest BCUT2D eigenvalue weighted by atomic mass is 9.99. The van der Waals surface area contributed by atoms with Crippen LogP contribution in [0.5, 0.6) is 0 Å². The van der Waals surface area contributed by atoms with E-state index >= 15 is 0 Å². The number of rotatable bonds is 7. The van der Waals surface area contributed by atoms with Crippen molar-refractivity contribution in [3.05, 3.63) is 35.4 Å². The minimum absolute atomic E-state index is 0. The second-order valence-corrected chi connectivity index (χ2v) is 7.20. The average Bonchev–Trinajstić information content (AvgIpc) is 2.62. The molecule has 2 rings (SSSR count). The smallest absolute Gasteiger partial charge is 0.191 e. The fourth-order valence-electron chi connectivity index (χ4n) is 3.15. The van der Waals surface area contributed by atoms with E-state index in [9.17, 15) is 0 Å². The SMILES string of the molecule is CN=C(NCc1ccc(CN2CCC(C)CC2)cc1)NC(C)COC.I. The van der Waals surface area contributed by atoms with Crippen molar-refractivity contribution in [2.24, 2.45) is 10.9 Å². The maximum absolute atomic E-state index is 5.14. The number of hydrogen-bond acceptors (Lipinski definition) is 3. The highest BCUT2D eigenvalue weighted by Crippen LogP contribution is 2.18. The third-order valence-corrected chi connectivity index (χ3v) is 4.79. The molecule has 1 aliphatic rings. The van der Waals surface area contributed by atoms with Crippen molar-refractivity contribution in [3.63, 3.8) is 0 Å². The molecule has 148 valence electrons. The highest BCUT2D eigenvalue weighted by Gasteiger charge is 2.15. The van der Waals surface area contributed by atoms with Crippen LogP contribution in [0.15, 0.2) is 29.3 Å². The van der Waals surface area contributed by atoms with Crippen molar-refractivity contribution >= 4 is 29.9 Å². The zero-order chi connectivity index (χ0) is 18.1. The van der Waals surface area contributed by atoms with Crippen LogP contribution >= 0.6 is 24.0 Å². The molecule has 2 N–H and O–H groups in total. The van der Waals surface area contributed by atoms with Crippen LogP contribution < -0.4 is 10.6 Å². The number of methoxy groups -OCH3 is 1. The molecular formula is C20H35IN4O. The summed E-state index contributed by atoms with van der Waals surface area (Å²) in [5.74, 6) is 1.69. The summed E-state index contributed by atoms with van der Waals surface area (Å²) < 4.78 is 5.14. The van der Waals surface area contributed by atoms with Gasteiger partial charge in [0.25, 0.3) is 0 Å². The lowest BCUT2D eigenvalue weighted by Crippen LogP contribution is -2.43. The first kappa shape index (κ1) is 23.2. The lowest BCUT2D eigenvalue weighted by Gasteiger charge is -2.30. The number of hydrogen-bond donors (Lipinski definition) is 2. The minimum Gasteiger partial charge on any atom is -0.383 e. The molecule has 1 aromatic carbocycles. The Morgan fingerprint density at radius 3 is 2.42 bits per heavy atom. The molecule has 1 heterocycles. The Morgan fingerprint density at radius 2 is 1.85 bits per heavy atom. The van der Waals surface area contributed by atoms with Crippen molar-refractivity contribution in [1.82, 2.24) is 15.5 Å². The number of guanidine groups is 1. The third kappa shape index (κ3) is 8.22. The van der Waals surface area contributed by atoms with Crippen molar-refractivity contribution in [1.29, 1.82) is 0 Å². The van der Waals surface area contributed by atoms with Crippen molar-refractivity contribution in [2.75, 3.05) is 33.9 Å². The molecule has 6 heteroatoms. The van der Waals surface area contributed by atoms with Gasteiger partial charge in [-0.25, -0.2) is 0 Å². The molecule has 5 nitrogen and oxygen atoms in total. The van der Waals surface area contributed by atoms with E-state index in [0.717, 1.165) is 25.0 Å². The van der Waals surface area contributed by atoms with Gasteiger partial charge in [0.05, 0.1) is 6.61 Å². The summed E-state index contributed by atoms with van der Waals surface area (Å²) in [6, 6.07) is 9.14. The van der Waals surface area contributed by atoms with Gasteiger partial charge in [0, 0.05) is 33.3 Å². The van der Waals surface area contributed by atoms with E-state index < -0.39 is 0 Å². The van der Waals surface area contributed by atoms with Crippen molar-refractivity contribution < 1.29 is 4.74 Å². The van der Waals surface area contributed by atoms with E-state index in [4.69, 9.17) is 4.74 Å². The Balaban J connectivity index is 0.00000338. The van der Waals surface area contributed by atoms with E-state index in [0.29, 0.717) is 6.61 Å². The van der Waals surface area contributed by atoms with Crippen LogP contribution in [0.2, 0.25) is 0 Å². The molecule has 0 radical (unpaired) electrons. The number of benzene rings is 1. The Hall–Kier alpha value is -0.860. The summed E-state index contributed by atoms with van der Waals surface area (Å²) in [6.45, 7) is 9.38. The molecule has 0 bridgehead atoms. The van der Waals surface area contributed by atoms with Crippen LogP contribution in [0.1, 0.15) is 37.8 Å². The third-order valence-electron chi connectivity index (χ3n) is 4.79. The van der Waals surface area contributed by atoms with E-state index in [2.05, 4.69) is 58.6 Å². The van der Waals surface area contributed by atoms with E-state index in [1.807, 2.05) is 0 Å². The zero-order valence-corrected chi connectivity index (χ0v) is 19.0. The molecule has 1 fully saturated rings. The molecule has 1 aliphatic heterocycles.